The minimum atomic E-state index is -0.369. The number of carbonyl (C=O) groups excluding carboxylic acids is 1. The molecule has 0 fully saturated rings. The fraction of sp³-hybridized carbons (Fsp3) is 0.182. The molecule has 1 heterocycles. The number of aromatic nitrogens is 1. The van der Waals surface area contributed by atoms with Crippen LogP contribution >= 0.6 is 0 Å². The second kappa shape index (κ2) is 7.58. The molecular weight excluding hydrogens is 341 g/mol. The molecule has 0 radical (unpaired) electrons. The molecule has 2 N–H and O–H groups in total. The molecule has 1 aromatic heterocycles. The molecule has 3 aromatic rings. The molecule has 27 heavy (non-hydrogen) atoms. The summed E-state index contributed by atoms with van der Waals surface area (Å²) < 4.78 is 13.8. The minimum Gasteiger partial charge on any atom is -0.352 e. The maximum absolute atomic E-state index is 13.8. The minimum absolute atomic E-state index is 0.101. The van der Waals surface area contributed by atoms with E-state index in [1.807, 2.05) is 24.3 Å². The Kier molecular flexibility index (Phi) is 5.21. The highest BCUT2D eigenvalue weighted by molar-refractivity contribution is 6.05. The van der Waals surface area contributed by atoms with Crippen molar-refractivity contribution in [2.24, 2.45) is 0 Å². The zero-order valence-corrected chi connectivity index (χ0v) is 15.6. The number of para-hydroxylation sites is 2. The highest BCUT2D eigenvalue weighted by Gasteiger charge is 2.19. The molecule has 5 heteroatoms. The summed E-state index contributed by atoms with van der Waals surface area (Å²) in [7, 11) is 0. The van der Waals surface area contributed by atoms with Crippen molar-refractivity contribution in [3.05, 3.63) is 83.9 Å². The van der Waals surface area contributed by atoms with Gasteiger partial charge in [0.05, 0.1) is 23.1 Å². The third kappa shape index (κ3) is 4.50. The Bertz CT molecular complexity index is 964. The molecule has 0 saturated carbocycles. The molecule has 0 aliphatic rings. The second-order valence-corrected chi connectivity index (χ2v) is 7.32. The lowest BCUT2D eigenvalue weighted by Crippen LogP contribution is -2.18. The lowest BCUT2D eigenvalue weighted by atomic mass is 9.86. The molecular formula is C22H22FN3O. The summed E-state index contributed by atoms with van der Waals surface area (Å²) in [6, 6.07) is 15.7. The van der Waals surface area contributed by atoms with E-state index in [1.54, 1.807) is 30.5 Å². The van der Waals surface area contributed by atoms with Crippen LogP contribution in [0.25, 0.3) is 0 Å². The fourth-order valence-electron chi connectivity index (χ4n) is 2.79. The second-order valence-electron chi connectivity index (χ2n) is 7.32. The number of hydrogen-bond acceptors (Lipinski definition) is 3. The Morgan fingerprint density at radius 3 is 2.33 bits per heavy atom. The van der Waals surface area contributed by atoms with Crippen molar-refractivity contribution < 1.29 is 9.18 Å². The first-order valence-electron chi connectivity index (χ1n) is 8.72. The summed E-state index contributed by atoms with van der Waals surface area (Å²) in [6.45, 7) is 6.29. The topological polar surface area (TPSA) is 54.0 Å². The molecule has 0 spiro atoms. The van der Waals surface area contributed by atoms with Gasteiger partial charge in [0.1, 0.15) is 5.82 Å². The van der Waals surface area contributed by atoms with Gasteiger partial charge >= 0.3 is 0 Å². The van der Waals surface area contributed by atoms with E-state index in [2.05, 4.69) is 36.4 Å². The molecule has 0 saturated heterocycles. The van der Waals surface area contributed by atoms with Gasteiger partial charge in [-0.1, -0.05) is 51.1 Å². The highest BCUT2D eigenvalue weighted by Crippen LogP contribution is 2.29. The van der Waals surface area contributed by atoms with Crippen molar-refractivity contribution in [1.29, 1.82) is 0 Å². The fourth-order valence-corrected chi connectivity index (χ4v) is 2.79. The molecule has 4 nitrogen and oxygen atoms in total. The number of nitrogens with zero attached hydrogens (tertiary/aromatic N) is 1. The number of rotatable bonds is 4. The number of halogens is 1. The van der Waals surface area contributed by atoms with Crippen LogP contribution in [-0.4, -0.2) is 10.9 Å². The number of anilines is 3. The van der Waals surface area contributed by atoms with Gasteiger partial charge in [-0.25, -0.2) is 4.39 Å². The normalized spacial score (nSPS) is 11.1. The Labute approximate surface area is 158 Å². The van der Waals surface area contributed by atoms with Crippen molar-refractivity contribution in [3.8, 4) is 0 Å². The van der Waals surface area contributed by atoms with E-state index in [-0.39, 0.29) is 17.1 Å². The molecule has 0 bridgehead atoms. The number of carbonyl (C=O) groups is 1. The molecule has 0 unspecified atom stereocenters. The summed E-state index contributed by atoms with van der Waals surface area (Å²) >= 11 is 0. The van der Waals surface area contributed by atoms with Crippen LogP contribution in [0.2, 0.25) is 0 Å². The van der Waals surface area contributed by atoms with Crippen molar-refractivity contribution in [1.82, 2.24) is 4.98 Å². The molecule has 3 rings (SSSR count). The van der Waals surface area contributed by atoms with Crippen LogP contribution in [0.5, 0.6) is 0 Å². The van der Waals surface area contributed by atoms with Crippen molar-refractivity contribution in [2.75, 3.05) is 10.6 Å². The standard InChI is InChI=1S/C22H22FN3O/c1-22(2,3)17-8-4-6-10-19(17)26-21(27)15-12-16(14-24-13-15)25-20-11-7-5-9-18(20)23/h4-14,25H,1-3H3,(H,26,27). The molecule has 0 aliphatic heterocycles. The Hall–Kier alpha value is -3.21. The number of nitrogens with one attached hydrogen (secondary N) is 2. The van der Waals surface area contributed by atoms with Crippen LogP contribution < -0.4 is 10.6 Å². The largest absolute Gasteiger partial charge is 0.352 e. The quantitative estimate of drug-likeness (QED) is 0.642. The van der Waals surface area contributed by atoms with Gasteiger partial charge in [0.15, 0.2) is 0 Å². The maximum atomic E-state index is 13.8. The van der Waals surface area contributed by atoms with Gasteiger partial charge in [0.25, 0.3) is 5.91 Å². The average molecular weight is 363 g/mol. The van der Waals surface area contributed by atoms with Crippen LogP contribution in [0.1, 0.15) is 36.7 Å². The van der Waals surface area contributed by atoms with Crippen molar-refractivity contribution >= 4 is 23.0 Å². The van der Waals surface area contributed by atoms with Gasteiger partial charge in [-0.05, 0) is 35.2 Å². The van der Waals surface area contributed by atoms with Crippen LogP contribution in [-0.2, 0) is 5.41 Å². The number of amides is 1. The number of hydrogen-bond donors (Lipinski definition) is 2. The third-order valence-corrected chi connectivity index (χ3v) is 4.14. The van der Waals surface area contributed by atoms with Crippen LogP contribution in [0.3, 0.4) is 0 Å². The van der Waals surface area contributed by atoms with Gasteiger partial charge < -0.3 is 10.6 Å². The predicted octanol–water partition coefficient (Wildman–Crippen LogP) is 5.51. The van der Waals surface area contributed by atoms with E-state index < -0.39 is 0 Å². The monoisotopic (exact) mass is 363 g/mol. The summed E-state index contributed by atoms with van der Waals surface area (Å²) in [6.07, 6.45) is 3.04. The Morgan fingerprint density at radius 1 is 0.963 bits per heavy atom. The molecule has 0 atom stereocenters. The van der Waals surface area contributed by atoms with Gasteiger partial charge in [0.2, 0.25) is 0 Å². The molecule has 138 valence electrons. The molecule has 0 aliphatic carbocycles. The SMILES string of the molecule is CC(C)(C)c1ccccc1NC(=O)c1cncc(Nc2ccccc2F)c1. The van der Waals surface area contributed by atoms with E-state index in [4.69, 9.17) is 0 Å². The van der Waals surface area contributed by atoms with E-state index in [9.17, 15) is 9.18 Å². The maximum Gasteiger partial charge on any atom is 0.257 e. The van der Waals surface area contributed by atoms with E-state index in [0.717, 1.165) is 11.3 Å². The van der Waals surface area contributed by atoms with Crippen LogP contribution in [0, 0.1) is 5.82 Å². The average Bonchev–Trinajstić information content (AvgIpc) is 2.63. The lowest BCUT2D eigenvalue weighted by Gasteiger charge is -2.23. The van der Waals surface area contributed by atoms with Crippen molar-refractivity contribution in [3.63, 3.8) is 0 Å². The van der Waals surface area contributed by atoms with Crippen molar-refractivity contribution in [2.45, 2.75) is 26.2 Å². The predicted molar refractivity (Wildman–Crippen MR) is 107 cm³/mol. The lowest BCUT2D eigenvalue weighted by molar-refractivity contribution is 0.102. The third-order valence-electron chi connectivity index (χ3n) is 4.14. The number of benzene rings is 2. The Morgan fingerprint density at radius 2 is 1.63 bits per heavy atom. The summed E-state index contributed by atoms with van der Waals surface area (Å²) in [5, 5.41) is 5.90. The first kappa shape index (κ1) is 18.6. The Balaban J connectivity index is 1.82. The van der Waals surface area contributed by atoms with Gasteiger partial charge in [-0.2, -0.15) is 0 Å². The first-order valence-corrected chi connectivity index (χ1v) is 8.72. The highest BCUT2D eigenvalue weighted by atomic mass is 19.1. The van der Waals surface area contributed by atoms with E-state index in [1.165, 1.54) is 12.3 Å². The van der Waals surface area contributed by atoms with E-state index >= 15 is 0 Å². The molecule has 1 amide bonds. The first-order chi connectivity index (χ1) is 12.8. The van der Waals surface area contributed by atoms with E-state index in [0.29, 0.717) is 16.9 Å². The molecule has 2 aromatic carbocycles. The van der Waals surface area contributed by atoms with Gasteiger partial charge in [-0.15, -0.1) is 0 Å². The van der Waals surface area contributed by atoms with Gasteiger partial charge in [-0.3, -0.25) is 9.78 Å². The van der Waals surface area contributed by atoms with Gasteiger partial charge in [0, 0.05) is 11.9 Å². The summed E-state index contributed by atoms with van der Waals surface area (Å²) in [5.74, 6) is -0.636. The van der Waals surface area contributed by atoms with Crippen LogP contribution in [0.4, 0.5) is 21.5 Å². The summed E-state index contributed by atoms with van der Waals surface area (Å²) in [4.78, 5) is 16.8. The summed E-state index contributed by atoms with van der Waals surface area (Å²) in [5.41, 5.74) is 2.97. The zero-order chi connectivity index (χ0) is 19.4. The smallest absolute Gasteiger partial charge is 0.257 e. The zero-order valence-electron chi connectivity index (χ0n) is 15.6. The number of pyridine rings is 1. The van der Waals surface area contributed by atoms with Crippen LogP contribution in [0.15, 0.2) is 67.0 Å².